The number of benzene rings is 1. The first-order valence-electron chi connectivity index (χ1n) is 12.3. The molecule has 0 bridgehead atoms. The number of piperidine rings is 1. The van der Waals surface area contributed by atoms with E-state index < -0.39 is 0 Å². The molecule has 0 unspecified atom stereocenters. The largest absolute Gasteiger partial charge is 0.490 e. The lowest BCUT2D eigenvalue weighted by Crippen LogP contribution is -2.62. The third-order valence-electron chi connectivity index (χ3n) is 10.1. The molecule has 0 spiro atoms. The summed E-state index contributed by atoms with van der Waals surface area (Å²) >= 11 is 6.35. The first-order valence-corrected chi connectivity index (χ1v) is 12.7. The second kappa shape index (κ2) is 7.40. The molecule has 3 nitrogen and oxygen atoms in total. The molecule has 4 aliphatic rings. The van der Waals surface area contributed by atoms with E-state index >= 15 is 0 Å². The maximum atomic E-state index is 12.5. The molecule has 1 aliphatic heterocycles. The summed E-state index contributed by atoms with van der Waals surface area (Å²) < 4.78 is 6.51. The zero-order chi connectivity index (χ0) is 22.1. The Kier molecular flexibility index (Phi) is 5.16. The van der Waals surface area contributed by atoms with Crippen LogP contribution in [0, 0.1) is 41.4 Å². The van der Waals surface area contributed by atoms with Crippen molar-refractivity contribution in [2.45, 2.75) is 84.8 Å². The Balaban J connectivity index is 1.39. The minimum absolute atomic E-state index is 0.268. The summed E-state index contributed by atoms with van der Waals surface area (Å²) in [7, 11) is 2.05. The Morgan fingerprint density at radius 2 is 1.94 bits per heavy atom. The molecule has 1 aromatic rings. The zero-order valence-corrected chi connectivity index (χ0v) is 20.5. The van der Waals surface area contributed by atoms with Crippen LogP contribution in [0.2, 0.25) is 5.02 Å². The van der Waals surface area contributed by atoms with E-state index in [-0.39, 0.29) is 11.5 Å². The molecule has 0 N–H and O–H groups in total. The molecule has 3 aliphatic carbocycles. The lowest BCUT2D eigenvalue weighted by molar-refractivity contribution is -0.164. The summed E-state index contributed by atoms with van der Waals surface area (Å²) in [6.45, 7) is 9.52. The van der Waals surface area contributed by atoms with Gasteiger partial charge in [0, 0.05) is 24.5 Å². The van der Waals surface area contributed by atoms with Gasteiger partial charge in [0.1, 0.15) is 5.75 Å². The van der Waals surface area contributed by atoms with E-state index in [1.807, 2.05) is 13.0 Å². The number of hydrogen-bond acceptors (Lipinski definition) is 2. The van der Waals surface area contributed by atoms with Gasteiger partial charge in [0.2, 0.25) is 5.91 Å². The van der Waals surface area contributed by atoms with Gasteiger partial charge in [-0.15, -0.1) is 0 Å². The maximum absolute atomic E-state index is 12.5. The second-order valence-corrected chi connectivity index (χ2v) is 12.2. The van der Waals surface area contributed by atoms with Gasteiger partial charge >= 0.3 is 0 Å². The van der Waals surface area contributed by atoms with Gasteiger partial charge in [-0.3, -0.25) is 4.79 Å². The van der Waals surface area contributed by atoms with Crippen molar-refractivity contribution in [3.05, 3.63) is 28.8 Å². The molecule has 1 saturated heterocycles. The van der Waals surface area contributed by atoms with Gasteiger partial charge in [-0.2, -0.15) is 0 Å². The number of carbonyl (C=O) groups is 1. The van der Waals surface area contributed by atoms with Crippen molar-refractivity contribution in [2.75, 3.05) is 7.05 Å². The van der Waals surface area contributed by atoms with E-state index in [4.69, 9.17) is 16.3 Å². The quantitative estimate of drug-likeness (QED) is 0.521. The number of ether oxygens (including phenoxy) is 1. The average Bonchev–Trinajstić information content (AvgIpc) is 3.05. The van der Waals surface area contributed by atoms with Gasteiger partial charge in [0.15, 0.2) is 0 Å². The van der Waals surface area contributed by atoms with Crippen molar-refractivity contribution in [1.29, 1.82) is 0 Å². The molecule has 31 heavy (non-hydrogen) atoms. The third kappa shape index (κ3) is 3.33. The Morgan fingerprint density at radius 3 is 2.68 bits per heavy atom. The van der Waals surface area contributed by atoms with Crippen LogP contribution >= 0.6 is 11.6 Å². The van der Waals surface area contributed by atoms with Crippen molar-refractivity contribution in [3.8, 4) is 5.75 Å². The Bertz CT molecular complexity index is 886. The van der Waals surface area contributed by atoms with Gasteiger partial charge < -0.3 is 9.64 Å². The van der Waals surface area contributed by atoms with Crippen LogP contribution in [0.4, 0.5) is 0 Å². The predicted molar refractivity (Wildman–Crippen MR) is 125 cm³/mol. The monoisotopic (exact) mass is 443 g/mol. The molecule has 1 aromatic carbocycles. The fourth-order valence-electron chi connectivity index (χ4n) is 8.39. The maximum Gasteiger partial charge on any atom is 0.222 e. The molecule has 3 saturated carbocycles. The molecule has 5 rings (SSSR count). The van der Waals surface area contributed by atoms with Crippen molar-refractivity contribution in [1.82, 2.24) is 4.90 Å². The Hall–Kier alpha value is -1.22. The van der Waals surface area contributed by atoms with Crippen molar-refractivity contribution in [2.24, 2.45) is 34.5 Å². The van der Waals surface area contributed by atoms with Gasteiger partial charge in [0.25, 0.3) is 0 Å². The van der Waals surface area contributed by atoms with E-state index in [1.165, 1.54) is 12.8 Å². The standard InChI is InChI=1S/C27H38ClNO2/c1-16-6-7-18(14-22(16)28)31-19-13-21-25-17(2)12-23-27(4,11-9-24(30)29(23)5)20(25)8-10-26(21,3)15-19/h6-7,14,17,19-21,23,25H,8-13,15H2,1-5H3/t17-,19-,20-,21-,23+,25+,26+,27+/m0/s1. The number of likely N-dealkylation sites (tertiary alicyclic amines) is 1. The lowest BCUT2D eigenvalue weighted by atomic mass is 9.45. The van der Waals surface area contributed by atoms with Crippen molar-refractivity contribution >= 4 is 17.5 Å². The smallest absolute Gasteiger partial charge is 0.222 e. The summed E-state index contributed by atoms with van der Waals surface area (Å²) in [5.74, 6) is 4.11. The fourth-order valence-corrected chi connectivity index (χ4v) is 8.56. The molecule has 1 amide bonds. The van der Waals surface area contributed by atoms with Crippen LogP contribution < -0.4 is 4.74 Å². The summed E-state index contributed by atoms with van der Waals surface area (Å²) in [6, 6.07) is 6.52. The SMILES string of the molecule is Cc1ccc(O[C@H]2C[C@H]3[C@@H]4[C@@H](C)C[C@H]5N(C)C(=O)CC[C@]5(C)[C@H]4CC[C@]3(C)C2)cc1Cl. The van der Waals surface area contributed by atoms with E-state index in [0.29, 0.717) is 29.2 Å². The second-order valence-electron chi connectivity index (χ2n) is 11.8. The van der Waals surface area contributed by atoms with Crippen LogP contribution in [-0.2, 0) is 4.79 Å². The van der Waals surface area contributed by atoms with Gasteiger partial charge in [-0.05, 0) is 97.6 Å². The molecular weight excluding hydrogens is 406 g/mol. The van der Waals surface area contributed by atoms with Crippen LogP contribution in [-0.4, -0.2) is 30.0 Å². The molecule has 170 valence electrons. The Labute approximate surface area is 192 Å². The van der Waals surface area contributed by atoms with E-state index in [1.54, 1.807) is 0 Å². The molecule has 8 atom stereocenters. The molecule has 4 fully saturated rings. The number of amides is 1. The van der Waals surface area contributed by atoms with Gasteiger partial charge in [0.05, 0.1) is 6.10 Å². The molecule has 0 aromatic heterocycles. The number of aryl methyl sites for hydroxylation is 1. The summed E-state index contributed by atoms with van der Waals surface area (Å²) in [6.07, 6.45) is 8.14. The first-order chi connectivity index (χ1) is 14.6. The summed E-state index contributed by atoms with van der Waals surface area (Å²) in [5.41, 5.74) is 1.73. The van der Waals surface area contributed by atoms with E-state index in [0.717, 1.165) is 60.3 Å². The molecule has 0 radical (unpaired) electrons. The van der Waals surface area contributed by atoms with E-state index in [2.05, 4.69) is 44.9 Å². The van der Waals surface area contributed by atoms with Crippen LogP contribution in [0.5, 0.6) is 5.75 Å². The zero-order valence-electron chi connectivity index (χ0n) is 19.8. The summed E-state index contributed by atoms with van der Waals surface area (Å²) in [4.78, 5) is 14.6. The van der Waals surface area contributed by atoms with Gasteiger partial charge in [-0.25, -0.2) is 0 Å². The highest BCUT2D eigenvalue weighted by atomic mass is 35.5. The molecule has 4 heteroatoms. The average molecular weight is 444 g/mol. The molecule has 1 heterocycles. The summed E-state index contributed by atoms with van der Waals surface area (Å²) in [5, 5.41) is 0.787. The van der Waals surface area contributed by atoms with Crippen molar-refractivity contribution < 1.29 is 9.53 Å². The fraction of sp³-hybridized carbons (Fsp3) is 0.741. The Morgan fingerprint density at radius 1 is 1.16 bits per heavy atom. The predicted octanol–water partition coefficient (Wildman–Crippen LogP) is 6.51. The van der Waals surface area contributed by atoms with E-state index in [9.17, 15) is 4.79 Å². The van der Waals surface area contributed by atoms with Crippen LogP contribution in [0.15, 0.2) is 18.2 Å². The van der Waals surface area contributed by atoms with Crippen LogP contribution in [0.3, 0.4) is 0 Å². The third-order valence-corrected chi connectivity index (χ3v) is 10.5. The highest BCUT2D eigenvalue weighted by Gasteiger charge is 2.62. The van der Waals surface area contributed by atoms with Crippen molar-refractivity contribution in [3.63, 3.8) is 0 Å². The minimum atomic E-state index is 0.268. The number of nitrogens with zero attached hydrogens (tertiary/aromatic N) is 1. The highest BCUT2D eigenvalue weighted by molar-refractivity contribution is 6.31. The highest BCUT2D eigenvalue weighted by Crippen LogP contribution is 2.66. The molecular formula is C27H38ClNO2. The normalized spacial score (nSPS) is 44.5. The number of halogens is 1. The number of fused-ring (bicyclic) bond motifs is 5. The first kappa shape index (κ1) is 21.6. The number of rotatable bonds is 2. The van der Waals surface area contributed by atoms with Crippen LogP contribution in [0.1, 0.15) is 71.3 Å². The topological polar surface area (TPSA) is 29.5 Å². The lowest BCUT2D eigenvalue weighted by Gasteiger charge is -2.63. The van der Waals surface area contributed by atoms with Crippen LogP contribution in [0.25, 0.3) is 0 Å². The minimum Gasteiger partial charge on any atom is -0.490 e. The number of carbonyl (C=O) groups excluding carboxylic acids is 1. The number of hydrogen-bond donors (Lipinski definition) is 0. The van der Waals surface area contributed by atoms with Gasteiger partial charge in [-0.1, -0.05) is 38.4 Å².